The minimum Gasteiger partial charge on any atom is -0.461 e. The van der Waals surface area contributed by atoms with E-state index in [1.54, 1.807) is 48.5 Å². The molecule has 2 heterocycles. The molecule has 0 saturated heterocycles. The summed E-state index contributed by atoms with van der Waals surface area (Å²) < 4.78 is 6.57. The van der Waals surface area contributed by atoms with Crippen molar-refractivity contribution in [3.63, 3.8) is 0 Å². The number of furan rings is 1. The maximum Gasteiger partial charge on any atom is 0.281 e. The van der Waals surface area contributed by atoms with Crippen LogP contribution < -0.4 is 5.32 Å². The first-order chi connectivity index (χ1) is 13.6. The lowest BCUT2D eigenvalue weighted by molar-refractivity contribution is 0.0947. The Morgan fingerprint density at radius 2 is 1.68 bits per heavy atom. The fourth-order valence-electron chi connectivity index (χ4n) is 2.58. The molecule has 0 unspecified atom stereocenters. The van der Waals surface area contributed by atoms with E-state index < -0.39 is 0 Å². The summed E-state index contributed by atoms with van der Waals surface area (Å²) in [6.07, 6.45) is 1.53. The molecule has 0 aliphatic rings. The molecule has 140 valence electrons. The molecule has 0 fully saturated rings. The summed E-state index contributed by atoms with van der Waals surface area (Å²) >= 11 is 11.8. The van der Waals surface area contributed by atoms with Crippen LogP contribution in [0, 0.1) is 0 Å². The van der Waals surface area contributed by atoms with Crippen molar-refractivity contribution in [1.82, 2.24) is 14.8 Å². The highest BCUT2D eigenvalue weighted by Crippen LogP contribution is 2.20. The molecule has 2 aromatic heterocycles. The lowest BCUT2D eigenvalue weighted by Crippen LogP contribution is -2.17. The van der Waals surface area contributed by atoms with Gasteiger partial charge >= 0.3 is 0 Å². The average molecular weight is 413 g/mol. The van der Waals surface area contributed by atoms with Crippen molar-refractivity contribution in [3.05, 3.63) is 88.1 Å². The third-order valence-electron chi connectivity index (χ3n) is 4.00. The van der Waals surface area contributed by atoms with E-state index in [-0.39, 0.29) is 5.91 Å². The Hall–Kier alpha value is -3.09. The minimum atomic E-state index is -0.333. The van der Waals surface area contributed by atoms with Crippen molar-refractivity contribution in [2.24, 2.45) is 0 Å². The van der Waals surface area contributed by atoms with Crippen LogP contribution in [0.5, 0.6) is 0 Å². The molecule has 28 heavy (non-hydrogen) atoms. The summed E-state index contributed by atoms with van der Waals surface area (Å²) in [6.45, 7) is 0.446. The second kappa shape index (κ2) is 7.88. The molecule has 0 spiro atoms. The summed E-state index contributed by atoms with van der Waals surface area (Å²) in [7, 11) is 0. The van der Waals surface area contributed by atoms with Gasteiger partial charge in [0.15, 0.2) is 5.76 Å². The van der Waals surface area contributed by atoms with E-state index >= 15 is 0 Å². The Bertz CT molecular complexity index is 1090. The predicted octanol–water partition coefficient (Wildman–Crippen LogP) is 5.15. The van der Waals surface area contributed by atoms with Crippen LogP contribution in [0.25, 0.3) is 11.6 Å². The van der Waals surface area contributed by atoms with Gasteiger partial charge in [-0.2, -0.15) is 9.67 Å². The van der Waals surface area contributed by atoms with Gasteiger partial charge in [-0.05, 0) is 54.1 Å². The zero-order chi connectivity index (χ0) is 19.5. The SMILES string of the molecule is O=C(c1ccc(Cl)cc1)n1nc(-c2ccco2)nc1NCc1ccc(Cl)cc1. The maximum absolute atomic E-state index is 12.9. The molecule has 2 aromatic carbocycles. The molecule has 0 saturated carbocycles. The zero-order valence-electron chi connectivity index (χ0n) is 14.5. The molecule has 4 rings (SSSR count). The van der Waals surface area contributed by atoms with Gasteiger partial charge in [-0.25, -0.2) is 0 Å². The van der Waals surface area contributed by atoms with E-state index in [0.29, 0.717) is 39.7 Å². The second-order valence-corrected chi connectivity index (χ2v) is 6.81. The molecule has 0 atom stereocenters. The zero-order valence-corrected chi connectivity index (χ0v) is 16.0. The molecular weight excluding hydrogens is 399 g/mol. The normalized spacial score (nSPS) is 10.8. The third-order valence-corrected chi connectivity index (χ3v) is 4.50. The summed E-state index contributed by atoms with van der Waals surface area (Å²) in [4.78, 5) is 17.4. The number of carbonyl (C=O) groups excluding carboxylic acids is 1. The standard InChI is InChI=1S/C20H14Cl2N4O2/c21-15-7-3-13(4-8-15)12-23-20-24-18(17-2-1-11-28-17)25-26(20)19(27)14-5-9-16(22)10-6-14/h1-11H,12H2,(H,23,24,25). The number of benzene rings is 2. The Kier molecular flexibility index (Phi) is 5.14. The highest BCUT2D eigenvalue weighted by molar-refractivity contribution is 6.30. The van der Waals surface area contributed by atoms with Crippen LogP contribution >= 0.6 is 23.2 Å². The van der Waals surface area contributed by atoms with Crippen molar-refractivity contribution in [3.8, 4) is 11.6 Å². The number of anilines is 1. The lowest BCUT2D eigenvalue weighted by atomic mass is 10.2. The van der Waals surface area contributed by atoms with E-state index in [1.807, 2.05) is 12.1 Å². The fourth-order valence-corrected chi connectivity index (χ4v) is 2.83. The number of halogens is 2. The van der Waals surface area contributed by atoms with Crippen LogP contribution in [0.3, 0.4) is 0 Å². The predicted molar refractivity (Wildman–Crippen MR) is 108 cm³/mol. The van der Waals surface area contributed by atoms with Gasteiger partial charge in [0.25, 0.3) is 5.91 Å². The van der Waals surface area contributed by atoms with Crippen molar-refractivity contribution < 1.29 is 9.21 Å². The minimum absolute atomic E-state index is 0.307. The van der Waals surface area contributed by atoms with Crippen LogP contribution in [0.1, 0.15) is 15.9 Å². The third kappa shape index (κ3) is 3.93. The number of nitrogens with zero attached hydrogens (tertiary/aromatic N) is 3. The van der Waals surface area contributed by atoms with E-state index in [4.69, 9.17) is 27.6 Å². The van der Waals surface area contributed by atoms with Gasteiger partial charge in [-0.3, -0.25) is 4.79 Å². The van der Waals surface area contributed by atoms with Gasteiger partial charge in [0.05, 0.1) is 6.26 Å². The number of rotatable bonds is 5. The van der Waals surface area contributed by atoms with Gasteiger partial charge in [0.1, 0.15) is 0 Å². The number of nitrogens with one attached hydrogen (secondary N) is 1. The number of hydrogen-bond donors (Lipinski definition) is 1. The summed E-state index contributed by atoms with van der Waals surface area (Å²) in [5.41, 5.74) is 1.42. The topological polar surface area (TPSA) is 73.0 Å². The highest BCUT2D eigenvalue weighted by atomic mass is 35.5. The summed E-state index contributed by atoms with van der Waals surface area (Å²) in [5.74, 6) is 0.755. The fraction of sp³-hybridized carbons (Fsp3) is 0.0500. The van der Waals surface area contributed by atoms with E-state index in [1.165, 1.54) is 10.9 Å². The second-order valence-electron chi connectivity index (χ2n) is 5.94. The first-order valence-corrected chi connectivity index (χ1v) is 9.15. The van der Waals surface area contributed by atoms with Crippen LogP contribution in [-0.4, -0.2) is 20.7 Å². The summed E-state index contributed by atoms with van der Waals surface area (Å²) in [5, 5.41) is 8.68. The van der Waals surface area contributed by atoms with E-state index in [2.05, 4.69) is 15.4 Å². The lowest BCUT2D eigenvalue weighted by Gasteiger charge is -2.07. The number of hydrogen-bond acceptors (Lipinski definition) is 5. The van der Waals surface area contributed by atoms with Crippen LogP contribution in [0.4, 0.5) is 5.95 Å². The van der Waals surface area contributed by atoms with Crippen molar-refractivity contribution in [1.29, 1.82) is 0 Å². The van der Waals surface area contributed by atoms with Gasteiger partial charge in [-0.1, -0.05) is 35.3 Å². The van der Waals surface area contributed by atoms with Crippen molar-refractivity contribution in [2.75, 3.05) is 5.32 Å². The molecular formula is C20H14Cl2N4O2. The van der Waals surface area contributed by atoms with Gasteiger partial charge in [0.2, 0.25) is 11.8 Å². The van der Waals surface area contributed by atoms with E-state index in [0.717, 1.165) is 5.56 Å². The number of aromatic nitrogens is 3. The number of carbonyl (C=O) groups is 1. The monoisotopic (exact) mass is 412 g/mol. The average Bonchev–Trinajstić information content (AvgIpc) is 3.37. The van der Waals surface area contributed by atoms with Crippen LogP contribution in [-0.2, 0) is 6.54 Å². The Morgan fingerprint density at radius 1 is 1.00 bits per heavy atom. The Labute approximate surface area is 170 Å². The van der Waals surface area contributed by atoms with Gasteiger partial charge < -0.3 is 9.73 Å². The Balaban J connectivity index is 1.66. The molecule has 6 nitrogen and oxygen atoms in total. The summed E-state index contributed by atoms with van der Waals surface area (Å²) in [6, 6.07) is 17.4. The molecule has 0 aliphatic carbocycles. The van der Waals surface area contributed by atoms with Crippen LogP contribution in [0.2, 0.25) is 10.0 Å². The molecule has 8 heteroatoms. The maximum atomic E-state index is 12.9. The van der Waals surface area contributed by atoms with Crippen LogP contribution in [0.15, 0.2) is 71.3 Å². The first kappa shape index (κ1) is 18.3. The largest absolute Gasteiger partial charge is 0.461 e. The first-order valence-electron chi connectivity index (χ1n) is 8.40. The molecule has 4 aromatic rings. The molecule has 0 aliphatic heterocycles. The van der Waals surface area contributed by atoms with E-state index in [9.17, 15) is 4.79 Å². The molecule has 1 N–H and O–H groups in total. The Morgan fingerprint density at radius 3 is 2.32 bits per heavy atom. The quantitative estimate of drug-likeness (QED) is 0.490. The van der Waals surface area contributed by atoms with Gasteiger partial charge in [0, 0.05) is 22.2 Å². The molecule has 0 bridgehead atoms. The highest BCUT2D eigenvalue weighted by Gasteiger charge is 2.19. The molecule has 0 amide bonds. The molecule has 0 radical (unpaired) electrons. The smallest absolute Gasteiger partial charge is 0.281 e. The van der Waals surface area contributed by atoms with Crippen molar-refractivity contribution >= 4 is 35.1 Å². The van der Waals surface area contributed by atoms with Crippen molar-refractivity contribution in [2.45, 2.75) is 6.54 Å². The van der Waals surface area contributed by atoms with Gasteiger partial charge in [-0.15, -0.1) is 5.10 Å².